The van der Waals surface area contributed by atoms with Gasteiger partial charge in [-0.1, -0.05) is 23.8 Å². The number of hydrogen-bond donors (Lipinski definition) is 1. The lowest BCUT2D eigenvalue weighted by molar-refractivity contribution is 0.184. The maximum absolute atomic E-state index is 5.99. The van der Waals surface area contributed by atoms with E-state index in [9.17, 15) is 0 Å². The molecule has 3 heteroatoms. The molecule has 0 aliphatic carbocycles. The van der Waals surface area contributed by atoms with Crippen LogP contribution in [0, 0.1) is 6.92 Å². The minimum atomic E-state index is -0.0716. The Bertz CT molecular complexity index is 448. The molecule has 2 nitrogen and oxygen atoms in total. The van der Waals surface area contributed by atoms with Gasteiger partial charge in [-0.05, 0) is 37.4 Å². The number of nitrogens with two attached hydrogens (primary N) is 1. The summed E-state index contributed by atoms with van der Waals surface area (Å²) in [5.41, 5.74) is 7.21. The molecule has 2 rings (SSSR count). The van der Waals surface area contributed by atoms with Crippen molar-refractivity contribution in [2.75, 3.05) is 0 Å². The summed E-state index contributed by atoms with van der Waals surface area (Å²) < 4.78 is 5.96. The van der Waals surface area contributed by atoms with Crippen molar-refractivity contribution in [2.45, 2.75) is 26.0 Å². The van der Waals surface area contributed by atoms with Gasteiger partial charge in [-0.3, -0.25) is 0 Å². The lowest BCUT2D eigenvalue weighted by atomic mass is 10.1. The van der Waals surface area contributed by atoms with Crippen LogP contribution in [0.25, 0.3) is 0 Å². The van der Waals surface area contributed by atoms with Gasteiger partial charge >= 0.3 is 0 Å². The molecule has 2 atom stereocenters. The fraction of sp³-hybridized carbons (Fsp3) is 0.286. The first-order chi connectivity index (χ1) is 8.16. The standard InChI is InChI=1S/C14H17NOS/c1-10-5-7-12(8-6-10)16-14(11(2)15)13-4-3-9-17-13/h3-9,11,14H,15H2,1-2H3. The van der Waals surface area contributed by atoms with Crippen LogP contribution in [0.2, 0.25) is 0 Å². The topological polar surface area (TPSA) is 35.2 Å². The van der Waals surface area contributed by atoms with Crippen LogP contribution >= 0.6 is 11.3 Å². The third kappa shape index (κ3) is 3.08. The fourth-order valence-electron chi connectivity index (χ4n) is 1.64. The van der Waals surface area contributed by atoms with Crippen molar-refractivity contribution in [1.82, 2.24) is 0 Å². The molecular formula is C14H17NOS. The molecule has 0 amide bonds. The van der Waals surface area contributed by atoms with Crippen LogP contribution in [0.5, 0.6) is 5.75 Å². The van der Waals surface area contributed by atoms with Crippen molar-refractivity contribution in [2.24, 2.45) is 5.73 Å². The van der Waals surface area contributed by atoms with Gasteiger partial charge in [-0.25, -0.2) is 0 Å². The van der Waals surface area contributed by atoms with Gasteiger partial charge in [0.05, 0.1) is 0 Å². The molecule has 0 radical (unpaired) electrons. The zero-order valence-electron chi connectivity index (χ0n) is 10.1. The van der Waals surface area contributed by atoms with E-state index in [0.717, 1.165) is 5.75 Å². The first-order valence-electron chi connectivity index (χ1n) is 5.69. The summed E-state index contributed by atoms with van der Waals surface area (Å²) >= 11 is 1.68. The highest BCUT2D eigenvalue weighted by atomic mass is 32.1. The molecule has 1 heterocycles. The Hall–Kier alpha value is -1.32. The predicted molar refractivity (Wildman–Crippen MR) is 72.5 cm³/mol. The summed E-state index contributed by atoms with van der Waals surface area (Å²) in [6.07, 6.45) is -0.0716. The minimum absolute atomic E-state index is 0.0325. The summed E-state index contributed by atoms with van der Waals surface area (Å²) in [6, 6.07) is 12.1. The molecule has 2 aromatic rings. The van der Waals surface area contributed by atoms with Gasteiger partial charge in [0, 0.05) is 10.9 Å². The molecular weight excluding hydrogens is 230 g/mol. The van der Waals surface area contributed by atoms with Crippen LogP contribution in [0.4, 0.5) is 0 Å². The second-order valence-corrected chi connectivity index (χ2v) is 5.21. The monoisotopic (exact) mass is 247 g/mol. The van der Waals surface area contributed by atoms with Crippen molar-refractivity contribution in [3.05, 3.63) is 52.2 Å². The number of thiophene rings is 1. The highest BCUT2D eigenvalue weighted by molar-refractivity contribution is 7.10. The molecule has 0 saturated heterocycles. The molecule has 2 unspecified atom stereocenters. The largest absolute Gasteiger partial charge is 0.483 e. The zero-order chi connectivity index (χ0) is 12.3. The van der Waals surface area contributed by atoms with Crippen LogP contribution in [0.15, 0.2) is 41.8 Å². The molecule has 1 aromatic heterocycles. The minimum Gasteiger partial charge on any atom is -0.483 e. The quantitative estimate of drug-likeness (QED) is 0.897. The lowest BCUT2D eigenvalue weighted by Gasteiger charge is -2.21. The molecule has 90 valence electrons. The van der Waals surface area contributed by atoms with Gasteiger partial charge < -0.3 is 10.5 Å². The third-order valence-electron chi connectivity index (χ3n) is 2.59. The van der Waals surface area contributed by atoms with E-state index in [1.54, 1.807) is 11.3 Å². The van der Waals surface area contributed by atoms with E-state index >= 15 is 0 Å². The van der Waals surface area contributed by atoms with Crippen LogP contribution in [0.1, 0.15) is 23.5 Å². The van der Waals surface area contributed by atoms with Crippen LogP contribution < -0.4 is 10.5 Å². The Morgan fingerprint density at radius 2 is 1.88 bits per heavy atom. The Labute approximate surface area is 106 Å². The lowest BCUT2D eigenvalue weighted by Crippen LogP contribution is -2.28. The van der Waals surface area contributed by atoms with Crippen LogP contribution in [-0.4, -0.2) is 6.04 Å². The highest BCUT2D eigenvalue weighted by Gasteiger charge is 2.18. The van der Waals surface area contributed by atoms with Gasteiger partial charge in [-0.2, -0.15) is 0 Å². The maximum atomic E-state index is 5.99. The van der Waals surface area contributed by atoms with Gasteiger partial charge in [0.1, 0.15) is 11.9 Å². The second-order valence-electron chi connectivity index (χ2n) is 4.23. The van der Waals surface area contributed by atoms with Gasteiger partial charge in [0.25, 0.3) is 0 Å². The molecule has 0 fully saturated rings. The first-order valence-corrected chi connectivity index (χ1v) is 6.57. The Kier molecular flexibility index (Phi) is 3.82. The summed E-state index contributed by atoms with van der Waals surface area (Å²) in [7, 11) is 0. The van der Waals surface area contributed by atoms with Crippen molar-refractivity contribution >= 4 is 11.3 Å². The third-order valence-corrected chi connectivity index (χ3v) is 3.52. The normalized spacial score (nSPS) is 14.3. The van der Waals surface area contributed by atoms with Gasteiger partial charge in [0.15, 0.2) is 0 Å². The number of aryl methyl sites for hydroxylation is 1. The van der Waals surface area contributed by atoms with E-state index in [2.05, 4.69) is 13.0 Å². The Balaban J connectivity index is 2.16. The van der Waals surface area contributed by atoms with E-state index in [-0.39, 0.29) is 12.1 Å². The van der Waals surface area contributed by atoms with E-state index in [4.69, 9.17) is 10.5 Å². The molecule has 0 bridgehead atoms. The molecule has 17 heavy (non-hydrogen) atoms. The Morgan fingerprint density at radius 1 is 1.18 bits per heavy atom. The van der Waals surface area contributed by atoms with Crippen LogP contribution in [0.3, 0.4) is 0 Å². The van der Waals surface area contributed by atoms with E-state index < -0.39 is 0 Å². The van der Waals surface area contributed by atoms with E-state index in [0.29, 0.717) is 0 Å². The second kappa shape index (κ2) is 5.34. The van der Waals surface area contributed by atoms with E-state index in [1.165, 1.54) is 10.4 Å². The number of hydrogen-bond acceptors (Lipinski definition) is 3. The highest BCUT2D eigenvalue weighted by Crippen LogP contribution is 2.27. The summed E-state index contributed by atoms with van der Waals surface area (Å²) in [5, 5.41) is 2.04. The smallest absolute Gasteiger partial charge is 0.148 e. The summed E-state index contributed by atoms with van der Waals surface area (Å²) in [4.78, 5) is 1.17. The SMILES string of the molecule is Cc1ccc(OC(c2cccs2)C(C)N)cc1. The zero-order valence-corrected chi connectivity index (χ0v) is 10.9. The predicted octanol–water partition coefficient (Wildman–Crippen LogP) is 3.52. The van der Waals surface area contributed by atoms with Crippen molar-refractivity contribution in [3.63, 3.8) is 0 Å². The van der Waals surface area contributed by atoms with Crippen molar-refractivity contribution < 1.29 is 4.74 Å². The average Bonchev–Trinajstić information content (AvgIpc) is 2.81. The molecule has 0 aliphatic heterocycles. The molecule has 2 N–H and O–H groups in total. The average molecular weight is 247 g/mol. The van der Waals surface area contributed by atoms with Gasteiger partial charge in [0.2, 0.25) is 0 Å². The van der Waals surface area contributed by atoms with Gasteiger partial charge in [-0.15, -0.1) is 11.3 Å². The fourth-order valence-corrected chi connectivity index (χ4v) is 2.51. The molecule has 0 saturated carbocycles. The first kappa shape index (κ1) is 12.1. The molecule has 0 spiro atoms. The van der Waals surface area contributed by atoms with Crippen LogP contribution in [-0.2, 0) is 0 Å². The number of rotatable bonds is 4. The van der Waals surface area contributed by atoms with Crippen molar-refractivity contribution in [1.29, 1.82) is 0 Å². The maximum Gasteiger partial charge on any atom is 0.148 e. The number of ether oxygens (including phenoxy) is 1. The summed E-state index contributed by atoms with van der Waals surface area (Å²) in [5.74, 6) is 0.867. The molecule has 0 aliphatic rings. The molecule has 1 aromatic carbocycles. The van der Waals surface area contributed by atoms with E-state index in [1.807, 2.05) is 42.6 Å². The summed E-state index contributed by atoms with van der Waals surface area (Å²) in [6.45, 7) is 4.03. The number of benzene rings is 1. The Morgan fingerprint density at radius 3 is 2.41 bits per heavy atom. The van der Waals surface area contributed by atoms with Crippen molar-refractivity contribution in [3.8, 4) is 5.75 Å².